The maximum Gasteiger partial charge on any atom is 0.159 e. The Morgan fingerprint density at radius 2 is 1.95 bits per heavy atom. The van der Waals surface area contributed by atoms with Crippen molar-refractivity contribution in [2.45, 2.75) is 33.2 Å². The molecule has 1 aliphatic rings. The molecule has 1 atom stereocenters. The van der Waals surface area contributed by atoms with Crippen LogP contribution in [-0.4, -0.2) is 32.0 Å². The van der Waals surface area contributed by atoms with Crippen molar-refractivity contribution in [3.8, 4) is 0 Å². The summed E-state index contributed by atoms with van der Waals surface area (Å²) in [5, 5.41) is 3.43. The molecule has 104 valence electrons. The van der Waals surface area contributed by atoms with Gasteiger partial charge in [-0.3, -0.25) is 4.79 Å². The van der Waals surface area contributed by atoms with Crippen LogP contribution in [0.15, 0.2) is 24.3 Å². The maximum absolute atomic E-state index is 11.3. The molecule has 0 aliphatic carbocycles. The van der Waals surface area contributed by atoms with Crippen LogP contribution in [0.25, 0.3) is 0 Å². The molecule has 0 amide bonds. The standard InChI is InChI=1S/C16H24N2O/c1-12(19)13-5-7-14(8-6-13)18-10-9-16(2,3)15(11-18)17-4/h5-8,15,17H,9-11H2,1-4H3. The van der Waals surface area contributed by atoms with Gasteiger partial charge in [0.25, 0.3) is 0 Å². The normalized spacial score (nSPS) is 22.3. The van der Waals surface area contributed by atoms with Gasteiger partial charge < -0.3 is 10.2 Å². The van der Waals surface area contributed by atoms with Crippen LogP contribution in [0.3, 0.4) is 0 Å². The van der Waals surface area contributed by atoms with Crippen LogP contribution in [0.1, 0.15) is 37.6 Å². The first-order chi connectivity index (χ1) is 8.94. The third-order valence-electron chi connectivity index (χ3n) is 4.36. The van der Waals surface area contributed by atoms with Gasteiger partial charge in [-0.1, -0.05) is 13.8 Å². The van der Waals surface area contributed by atoms with E-state index in [1.165, 1.54) is 12.1 Å². The van der Waals surface area contributed by atoms with Crippen LogP contribution in [0, 0.1) is 5.41 Å². The van der Waals surface area contributed by atoms with E-state index in [0.29, 0.717) is 11.5 Å². The van der Waals surface area contributed by atoms with E-state index in [2.05, 4.69) is 36.2 Å². The zero-order valence-corrected chi connectivity index (χ0v) is 12.4. The van der Waals surface area contributed by atoms with Crippen molar-refractivity contribution in [2.24, 2.45) is 5.41 Å². The minimum Gasteiger partial charge on any atom is -0.370 e. The first-order valence-corrected chi connectivity index (χ1v) is 6.97. The lowest BCUT2D eigenvalue weighted by Gasteiger charge is -2.44. The number of benzene rings is 1. The Kier molecular flexibility index (Phi) is 3.95. The molecule has 3 nitrogen and oxygen atoms in total. The molecular formula is C16H24N2O. The van der Waals surface area contributed by atoms with Gasteiger partial charge in [0.1, 0.15) is 0 Å². The van der Waals surface area contributed by atoms with Gasteiger partial charge in [-0.05, 0) is 50.1 Å². The first-order valence-electron chi connectivity index (χ1n) is 6.97. The van der Waals surface area contributed by atoms with Crippen LogP contribution in [0.4, 0.5) is 5.69 Å². The second-order valence-corrected chi connectivity index (χ2v) is 6.13. The highest BCUT2D eigenvalue weighted by atomic mass is 16.1. The topological polar surface area (TPSA) is 32.3 Å². The van der Waals surface area contributed by atoms with Crippen LogP contribution < -0.4 is 10.2 Å². The van der Waals surface area contributed by atoms with E-state index in [0.717, 1.165) is 18.7 Å². The number of nitrogens with zero attached hydrogens (tertiary/aromatic N) is 1. The minimum atomic E-state index is 0.124. The van der Waals surface area contributed by atoms with Crippen LogP contribution in [0.5, 0.6) is 0 Å². The fourth-order valence-electron chi connectivity index (χ4n) is 2.78. The molecule has 1 aromatic rings. The molecule has 1 N–H and O–H groups in total. The molecule has 0 saturated carbocycles. The fourth-order valence-corrected chi connectivity index (χ4v) is 2.78. The van der Waals surface area contributed by atoms with E-state index in [-0.39, 0.29) is 5.78 Å². The maximum atomic E-state index is 11.3. The predicted octanol–water partition coefficient (Wildman–Crippen LogP) is 2.71. The molecule has 2 rings (SSSR count). The molecule has 0 bridgehead atoms. The summed E-state index contributed by atoms with van der Waals surface area (Å²) in [5.74, 6) is 0.124. The summed E-state index contributed by atoms with van der Waals surface area (Å²) in [4.78, 5) is 13.7. The molecule has 1 aliphatic heterocycles. The third kappa shape index (κ3) is 2.98. The predicted molar refractivity (Wildman–Crippen MR) is 79.9 cm³/mol. The first kappa shape index (κ1) is 14.1. The van der Waals surface area contributed by atoms with E-state index in [1.807, 2.05) is 19.2 Å². The summed E-state index contributed by atoms with van der Waals surface area (Å²) < 4.78 is 0. The van der Waals surface area contributed by atoms with E-state index < -0.39 is 0 Å². The number of piperidine rings is 1. The molecule has 3 heteroatoms. The highest BCUT2D eigenvalue weighted by molar-refractivity contribution is 5.94. The molecule has 1 fully saturated rings. The molecule has 0 spiro atoms. The fraction of sp³-hybridized carbons (Fsp3) is 0.562. The lowest BCUT2D eigenvalue weighted by Crippen LogP contribution is -2.54. The molecule has 1 aromatic carbocycles. The number of anilines is 1. The van der Waals surface area contributed by atoms with Gasteiger partial charge in [0.05, 0.1) is 0 Å². The number of nitrogens with one attached hydrogen (secondary N) is 1. The van der Waals surface area contributed by atoms with Crippen LogP contribution >= 0.6 is 0 Å². The SMILES string of the molecule is CNC1CN(c2ccc(C(C)=O)cc2)CCC1(C)C. The molecule has 0 aromatic heterocycles. The zero-order valence-electron chi connectivity index (χ0n) is 12.4. The quantitative estimate of drug-likeness (QED) is 0.848. The lowest BCUT2D eigenvalue weighted by molar-refractivity contribution is 0.101. The van der Waals surface area contributed by atoms with E-state index >= 15 is 0 Å². The number of hydrogen-bond donors (Lipinski definition) is 1. The summed E-state index contributed by atoms with van der Waals surface area (Å²) in [6, 6.07) is 8.45. The second kappa shape index (κ2) is 5.33. The van der Waals surface area contributed by atoms with Crippen LogP contribution in [-0.2, 0) is 0 Å². The molecule has 19 heavy (non-hydrogen) atoms. The molecule has 1 saturated heterocycles. The second-order valence-electron chi connectivity index (χ2n) is 6.13. The number of Topliss-reactive ketones (excluding diaryl/α,β-unsaturated/α-hetero) is 1. The Morgan fingerprint density at radius 1 is 1.32 bits per heavy atom. The minimum absolute atomic E-state index is 0.124. The number of hydrogen-bond acceptors (Lipinski definition) is 3. The monoisotopic (exact) mass is 260 g/mol. The average Bonchev–Trinajstić information content (AvgIpc) is 2.38. The molecule has 1 heterocycles. The summed E-state index contributed by atoms with van der Waals surface area (Å²) in [7, 11) is 2.04. The Balaban J connectivity index is 2.13. The molecule has 0 radical (unpaired) electrons. The van der Waals surface area contributed by atoms with Crippen molar-refractivity contribution in [1.82, 2.24) is 5.32 Å². The van der Waals surface area contributed by atoms with Gasteiger partial charge in [-0.25, -0.2) is 0 Å². The third-order valence-corrected chi connectivity index (χ3v) is 4.36. The largest absolute Gasteiger partial charge is 0.370 e. The van der Waals surface area contributed by atoms with Gasteiger partial charge in [0, 0.05) is 30.4 Å². The lowest BCUT2D eigenvalue weighted by atomic mass is 9.78. The highest BCUT2D eigenvalue weighted by Gasteiger charge is 2.34. The van der Waals surface area contributed by atoms with Crippen molar-refractivity contribution in [3.05, 3.63) is 29.8 Å². The van der Waals surface area contributed by atoms with Crippen molar-refractivity contribution in [1.29, 1.82) is 0 Å². The van der Waals surface area contributed by atoms with Crippen molar-refractivity contribution < 1.29 is 4.79 Å². The summed E-state index contributed by atoms with van der Waals surface area (Å²) in [6.07, 6.45) is 1.17. The van der Waals surface area contributed by atoms with Crippen molar-refractivity contribution >= 4 is 11.5 Å². The zero-order chi connectivity index (χ0) is 14.0. The number of carbonyl (C=O) groups excluding carboxylic acids is 1. The number of carbonyl (C=O) groups is 1. The number of ketones is 1. The van der Waals surface area contributed by atoms with Gasteiger partial charge in [0.2, 0.25) is 0 Å². The molecular weight excluding hydrogens is 236 g/mol. The highest BCUT2D eigenvalue weighted by Crippen LogP contribution is 2.32. The Bertz CT molecular complexity index is 450. The van der Waals surface area contributed by atoms with E-state index in [9.17, 15) is 4.79 Å². The summed E-state index contributed by atoms with van der Waals surface area (Å²) >= 11 is 0. The van der Waals surface area contributed by atoms with Crippen molar-refractivity contribution in [3.63, 3.8) is 0 Å². The number of likely N-dealkylation sites (N-methyl/N-ethyl adjacent to an activating group) is 1. The van der Waals surface area contributed by atoms with Crippen LogP contribution in [0.2, 0.25) is 0 Å². The summed E-state index contributed by atoms with van der Waals surface area (Å²) in [5.41, 5.74) is 2.33. The molecule has 1 unspecified atom stereocenters. The van der Waals surface area contributed by atoms with Gasteiger partial charge in [0.15, 0.2) is 5.78 Å². The summed E-state index contributed by atoms with van der Waals surface area (Å²) in [6.45, 7) is 8.34. The van der Waals surface area contributed by atoms with Gasteiger partial charge in [-0.2, -0.15) is 0 Å². The number of rotatable bonds is 3. The Morgan fingerprint density at radius 3 is 2.47 bits per heavy atom. The smallest absolute Gasteiger partial charge is 0.159 e. The van der Waals surface area contributed by atoms with Gasteiger partial charge in [-0.15, -0.1) is 0 Å². The Hall–Kier alpha value is -1.35. The Labute approximate surface area is 116 Å². The average molecular weight is 260 g/mol. The van der Waals surface area contributed by atoms with E-state index in [1.54, 1.807) is 6.92 Å². The van der Waals surface area contributed by atoms with Gasteiger partial charge >= 0.3 is 0 Å². The van der Waals surface area contributed by atoms with E-state index in [4.69, 9.17) is 0 Å². The van der Waals surface area contributed by atoms with Crippen molar-refractivity contribution in [2.75, 3.05) is 25.0 Å².